The molecule has 2 aromatic rings. The Balaban J connectivity index is 2.47. The summed E-state index contributed by atoms with van der Waals surface area (Å²) in [5.74, 6) is 0.686. The molecule has 0 radical (unpaired) electrons. The van der Waals surface area contributed by atoms with Crippen molar-refractivity contribution in [2.75, 3.05) is 13.2 Å². The van der Waals surface area contributed by atoms with Crippen LogP contribution in [-0.4, -0.2) is 18.3 Å². The molecule has 0 aliphatic heterocycles. The average molecular weight is 314 g/mol. The normalized spacial score (nSPS) is 11.6. The summed E-state index contributed by atoms with van der Waals surface area (Å²) in [4.78, 5) is 11.6. The first-order valence-electron chi connectivity index (χ1n) is 7.59. The SMILES string of the molecule is CC(C)=CCOc1ccc2ccc(=O)oc2c1C/C=C(/C)CO. The van der Waals surface area contributed by atoms with E-state index in [0.717, 1.165) is 16.5 Å². The molecule has 0 unspecified atom stereocenters. The first-order valence-corrected chi connectivity index (χ1v) is 7.59. The van der Waals surface area contributed by atoms with Gasteiger partial charge in [0.2, 0.25) is 0 Å². The number of aliphatic hydroxyl groups is 1. The lowest BCUT2D eigenvalue weighted by Crippen LogP contribution is -2.02. The Morgan fingerprint density at radius 3 is 2.61 bits per heavy atom. The zero-order valence-electron chi connectivity index (χ0n) is 13.8. The average Bonchev–Trinajstić information content (AvgIpc) is 2.52. The van der Waals surface area contributed by atoms with E-state index in [-0.39, 0.29) is 12.2 Å². The van der Waals surface area contributed by atoms with E-state index in [1.807, 2.05) is 45.1 Å². The van der Waals surface area contributed by atoms with Crippen LogP contribution in [0.1, 0.15) is 26.3 Å². The maximum absolute atomic E-state index is 11.6. The molecule has 1 aromatic heterocycles. The molecular weight excluding hydrogens is 292 g/mol. The Hall–Kier alpha value is -2.33. The molecule has 0 aliphatic carbocycles. The molecule has 0 atom stereocenters. The summed E-state index contributed by atoms with van der Waals surface area (Å²) in [5.41, 5.74) is 3.00. The monoisotopic (exact) mass is 314 g/mol. The van der Waals surface area contributed by atoms with E-state index < -0.39 is 0 Å². The van der Waals surface area contributed by atoms with Crippen LogP contribution in [0.25, 0.3) is 11.0 Å². The highest BCUT2D eigenvalue weighted by molar-refractivity contribution is 5.82. The zero-order chi connectivity index (χ0) is 16.8. The summed E-state index contributed by atoms with van der Waals surface area (Å²) in [6, 6.07) is 6.92. The summed E-state index contributed by atoms with van der Waals surface area (Å²) in [6.45, 7) is 6.34. The van der Waals surface area contributed by atoms with Crippen molar-refractivity contribution >= 4 is 11.0 Å². The summed E-state index contributed by atoms with van der Waals surface area (Å²) < 4.78 is 11.2. The predicted octanol–water partition coefficient (Wildman–Crippen LogP) is 3.62. The second kappa shape index (κ2) is 7.79. The third kappa shape index (κ3) is 4.57. The molecule has 23 heavy (non-hydrogen) atoms. The maximum atomic E-state index is 11.6. The highest BCUT2D eigenvalue weighted by atomic mass is 16.5. The number of hydrogen-bond acceptors (Lipinski definition) is 4. The fourth-order valence-corrected chi connectivity index (χ4v) is 2.14. The lowest BCUT2D eigenvalue weighted by molar-refractivity contribution is 0.331. The molecule has 0 saturated heterocycles. The van der Waals surface area contributed by atoms with Crippen LogP contribution in [0.4, 0.5) is 0 Å². The molecule has 1 heterocycles. The van der Waals surface area contributed by atoms with Crippen LogP contribution in [-0.2, 0) is 6.42 Å². The largest absolute Gasteiger partial charge is 0.489 e. The zero-order valence-corrected chi connectivity index (χ0v) is 13.8. The van der Waals surface area contributed by atoms with Gasteiger partial charge < -0.3 is 14.3 Å². The van der Waals surface area contributed by atoms with Crippen molar-refractivity contribution in [3.63, 3.8) is 0 Å². The van der Waals surface area contributed by atoms with Crippen LogP contribution < -0.4 is 10.4 Å². The minimum Gasteiger partial charge on any atom is -0.489 e. The Kier molecular flexibility index (Phi) is 5.77. The fourth-order valence-electron chi connectivity index (χ4n) is 2.14. The van der Waals surface area contributed by atoms with Crippen LogP contribution in [0.3, 0.4) is 0 Å². The van der Waals surface area contributed by atoms with Gasteiger partial charge in [0.25, 0.3) is 0 Å². The van der Waals surface area contributed by atoms with Crippen molar-refractivity contribution in [3.8, 4) is 5.75 Å². The van der Waals surface area contributed by atoms with Gasteiger partial charge in [0.05, 0.1) is 6.61 Å². The van der Waals surface area contributed by atoms with Crippen molar-refractivity contribution in [3.05, 3.63) is 63.5 Å². The number of rotatable bonds is 6. The second-order valence-corrected chi connectivity index (χ2v) is 5.72. The molecular formula is C19H22O4. The smallest absolute Gasteiger partial charge is 0.336 e. The van der Waals surface area contributed by atoms with Crippen molar-refractivity contribution in [1.82, 2.24) is 0 Å². The third-order valence-corrected chi connectivity index (χ3v) is 3.48. The van der Waals surface area contributed by atoms with Gasteiger partial charge in [-0.3, -0.25) is 0 Å². The molecule has 4 heteroatoms. The summed E-state index contributed by atoms with van der Waals surface area (Å²) in [5, 5.41) is 10.0. The van der Waals surface area contributed by atoms with E-state index in [9.17, 15) is 4.79 Å². The molecule has 1 aromatic carbocycles. The molecule has 0 saturated carbocycles. The van der Waals surface area contributed by atoms with E-state index in [1.54, 1.807) is 6.07 Å². The van der Waals surface area contributed by atoms with Gasteiger partial charge in [-0.25, -0.2) is 4.79 Å². The Morgan fingerprint density at radius 2 is 1.91 bits per heavy atom. The van der Waals surface area contributed by atoms with Gasteiger partial charge in [0, 0.05) is 17.0 Å². The summed E-state index contributed by atoms with van der Waals surface area (Å²) in [7, 11) is 0. The molecule has 1 N–H and O–H groups in total. The predicted molar refractivity (Wildman–Crippen MR) is 92.0 cm³/mol. The first-order chi connectivity index (χ1) is 11.0. The lowest BCUT2D eigenvalue weighted by atomic mass is 10.1. The van der Waals surface area contributed by atoms with Crippen molar-refractivity contribution < 1.29 is 14.3 Å². The van der Waals surface area contributed by atoms with Crippen LogP contribution >= 0.6 is 0 Å². The van der Waals surface area contributed by atoms with Gasteiger partial charge in [-0.1, -0.05) is 17.2 Å². The van der Waals surface area contributed by atoms with Gasteiger partial charge in [-0.05, 0) is 51.5 Å². The summed E-state index contributed by atoms with van der Waals surface area (Å²) >= 11 is 0. The molecule has 122 valence electrons. The first kappa shape index (κ1) is 17.0. The second-order valence-electron chi connectivity index (χ2n) is 5.72. The summed E-state index contributed by atoms with van der Waals surface area (Å²) in [6.07, 6.45) is 4.43. The van der Waals surface area contributed by atoms with E-state index in [1.165, 1.54) is 11.6 Å². The Bertz CT molecular complexity index is 793. The molecule has 4 nitrogen and oxygen atoms in total. The molecule has 0 spiro atoms. The van der Waals surface area contributed by atoms with Crippen LogP contribution in [0, 0.1) is 0 Å². The van der Waals surface area contributed by atoms with Crippen molar-refractivity contribution in [1.29, 1.82) is 0 Å². The number of aliphatic hydroxyl groups excluding tert-OH is 1. The number of ether oxygens (including phenoxy) is 1. The number of benzene rings is 1. The van der Waals surface area contributed by atoms with Gasteiger partial charge >= 0.3 is 5.63 Å². The Morgan fingerprint density at radius 1 is 1.17 bits per heavy atom. The standard InChI is InChI=1S/C19H22O4/c1-13(2)10-11-22-17-8-5-15-6-9-18(21)23-19(15)16(17)7-4-14(3)12-20/h4-6,8-10,20H,7,11-12H2,1-3H3/b14-4-. The van der Waals surface area contributed by atoms with Crippen molar-refractivity contribution in [2.24, 2.45) is 0 Å². The van der Waals surface area contributed by atoms with E-state index in [0.29, 0.717) is 24.4 Å². The molecule has 0 amide bonds. The van der Waals surface area contributed by atoms with Gasteiger partial charge in [-0.15, -0.1) is 0 Å². The quantitative estimate of drug-likeness (QED) is 0.653. The highest BCUT2D eigenvalue weighted by Crippen LogP contribution is 2.28. The van der Waals surface area contributed by atoms with E-state index in [4.69, 9.17) is 14.3 Å². The fraction of sp³-hybridized carbons (Fsp3) is 0.316. The van der Waals surface area contributed by atoms with Crippen LogP contribution in [0.5, 0.6) is 5.75 Å². The molecule has 0 aliphatic rings. The van der Waals surface area contributed by atoms with E-state index >= 15 is 0 Å². The van der Waals surface area contributed by atoms with Crippen LogP contribution in [0.2, 0.25) is 0 Å². The minimum atomic E-state index is -0.386. The number of hydrogen-bond donors (Lipinski definition) is 1. The van der Waals surface area contributed by atoms with Crippen LogP contribution in [0.15, 0.2) is 56.8 Å². The third-order valence-electron chi connectivity index (χ3n) is 3.48. The highest BCUT2D eigenvalue weighted by Gasteiger charge is 2.11. The van der Waals surface area contributed by atoms with Gasteiger partial charge in [0.15, 0.2) is 0 Å². The molecule has 0 bridgehead atoms. The number of fused-ring (bicyclic) bond motifs is 1. The van der Waals surface area contributed by atoms with E-state index in [2.05, 4.69) is 0 Å². The maximum Gasteiger partial charge on any atom is 0.336 e. The van der Waals surface area contributed by atoms with Crippen molar-refractivity contribution in [2.45, 2.75) is 27.2 Å². The number of allylic oxidation sites excluding steroid dienone is 2. The molecule has 2 rings (SSSR count). The topological polar surface area (TPSA) is 59.7 Å². The van der Waals surface area contributed by atoms with Gasteiger partial charge in [-0.2, -0.15) is 0 Å². The van der Waals surface area contributed by atoms with Gasteiger partial charge in [0.1, 0.15) is 17.9 Å². The molecule has 0 fully saturated rings. The minimum absolute atomic E-state index is 0.00265. The Labute approximate surface area is 135 Å². The lowest BCUT2D eigenvalue weighted by Gasteiger charge is -2.11.